The molecule has 0 spiro atoms. The summed E-state index contributed by atoms with van der Waals surface area (Å²) in [5, 5.41) is 2.90. The Kier molecular flexibility index (Phi) is 5.50. The first-order chi connectivity index (χ1) is 8.77. The maximum absolute atomic E-state index is 12.9. The minimum absolute atomic E-state index is 0.0524. The smallest absolute Gasteiger partial charge is 0.383 e. The van der Waals surface area contributed by atoms with E-state index in [0.29, 0.717) is 6.61 Å². The van der Waals surface area contributed by atoms with Crippen LogP contribution in [0, 0.1) is 5.92 Å². The van der Waals surface area contributed by atoms with Crippen LogP contribution in [-0.4, -0.2) is 19.8 Å². The molecular formula is C13H17ClF3NO. The van der Waals surface area contributed by atoms with Gasteiger partial charge in [-0.05, 0) is 18.1 Å². The quantitative estimate of drug-likeness (QED) is 0.867. The number of hydrogen-bond donors (Lipinski definition) is 1. The zero-order valence-electron chi connectivity index (χ0n) is 11.0. The van der Waals surface area contributed by atoms with E-state index in [1.54, 1.807) is 0 Å². The summed E-state index contributed by atoms with van der Waals surface area (Å²) in [6.45, 7) is 4.11. The van der Waals surface area contributed by atoms with Gasteiger partial charge >= 0.3 is 6.18 Å². The summed E-state index contributed by atoms with van der Waals surface area (Å²) in [4.78, 5) is 0. The van der Waals surface area contributed by atoms with E-state index < -0.39 is 11.7 Å². The van der Waals surface area contributed by atoms with Gasteiger partial charge in [-0.3, -0.25) is 0 Å². The third-order valence-corrected chi connectivity index (χ3v) is 3.11. The number of ether oxygens (including phenoxy) is 1. The standard InChI is InChI=1S/C13H17ClF3NO/c1-8(2)11(7-19-3)18-12-9(13(15,16)17)5-4-6-10(12)14/h4-6,8,11,18H,7H2,1-3H3. The molecule has 1 aromatic rings. The number of alkyl halides is 3. The van der Waals surface area contributed by atoms with Crippen molar-refractivity contribution in [3.63, 3.8) is 0 Å². The largest absolute Gasteiger partial charge is 0.418 e. The number of methoxy groups -OCH3 is 1. The summed E-state index contributed by atoms with van der Waals surface area (Å²) < 4.78 is 43.8. The average molecular weight is 296 g/mol. The highest BCUT2D eigenvalue weighted by atomic mass is 35.5. The maximum atomic E-state index is 12.9. The lowest BCUT2D eigenvalue weighted by molar-refractivity contribution is -0.137. The van der Waals surface area contributed by atoms with Crippen molar-refractivity contribution in [1.82, 2.24) is 0 Å². The minimum atomic E-state index is -4.44. The van der Waals surface area contributed by atoms with Gasteiger partial charge in [-0.2, -0.15) is 13.2 Å². The lowest BCUT2D eigenvalue weighted by Crippen LogP contribution is -2.31. The Balaban J connectivity index is 3.11. The molecule has 0 aliphatic heterocycles. The van der Waals surface area contributed by atoms with E-state index in [1.807, 2.05) is 13.8 Å². The molecule has 0 bridgehead atoms. The fourth-order valence-electron chi connectivity index (χ4n) is 1.67. The number of hydrogen-bond acceptors (Lipinski definition) is 2. The fraction of sp³-hybridized carbons (Fsp3) is 0.538. The molecule has 0 amide bonds. The maximum Gasteiger partial charge on any atom is 0.418 e. The van der Waals surface area contributed by atoms with Crippen LogP contribution in [0.1, 0.15) is 19.4 Å². The number of rotatable bonds is 5. The molecule has 0 fully saturated rings. The van der Waals surface area contributed by atoms with Crippen LogP contribution in [0.4, 0.5) is 18.9 Å². The molecule has 0 aromatic heterocycles. The number of para-hydroxylation sites is 1. The molecule has 0 heterocycles. The van der Waals surface area contributed by atoms with Crippen LogP contribution in [0.3, 0.4) is 0 Å². The number of anilines is 1. The Morgan fingerprint density at radius 2 is 1.95 bits per heavy atom. The number of nitrogens with one attached hydrogen (secondary N) is 1. The van der Waals surface area contributed by atoms with Gasteiger partial charge in [0.1, 0.15) is 0 Å². The molecule has 0 aliphatic carbocycles. The van der Waals surface area contributed by atoms with Gasteiger partial charge in [0, 0.05) is 7.11 Å². The van der Waals surface area contributed by atoms with Gasteiger partial charge in [0.05, 0.1) is 28.9 Å². The van der Waals surface area contributed by atoms with Crippen LogP contribution in [-0.2, 0) is 10.9 Å². The Morgan fingerprint density at radius 3 is 2.42 bits per heavy atom. The lowest BCUT2D eigenvalue weighted by Gasteiger charge is -2.25. The molecular weight excluding hydrogens is 279 g/mol. The minimum Gasteiger partial charge on any atom is -0.383 e. The molecule has 6 heteroatoms. The first-order valence-electron chi connectivity index (χ1n) is 5.88. The normalized spacial score (nSPS) is 13.7. The van der Waals surface area contributed by atoms with Crippen LogP contribution >= 0.6 is 11.6 Å². The van der Waals surface area contributed by atoms with Gasteiger partial charge in [0.15, 0.2) is 0 Å². The SMILES string of the molecule is COCC(Nc1c(Cl)cccc1C(F)(F)F)C(C)C. The Labute approximate surface area is 115 Å². The second kappa shape index (κ2) is 6.48. The van der Waals surface area contributed by atoms with Gasteiger partial charge in [-0.1, -0.05) is 31.5 Å². The van der Waals surface area contributed by atoms with Crippen LogP contribution in [0.2, 0.25) is 5.02 Å². The molecule has 1 unspecified atom stereocenters. The monoisotopic (exact) mass is 295 g/mol. The number of halogens is 4. The van der Waals surface area contributed by atoms with E-state index in [9.17, 15) is 13.2 Å². The summed E-state index contributed by atoms with van der Waals surface area (Å²) in [6, 6.07) is 3.49. The first-order valence-corrected chi connectivity index (χ1v) is 6.26. The molecule has 1 aromatic carbocycles. The Morgan fingerprint density at radius 1 is 1.32 bits per heavy atom. The van der Waals surface area contributed by atoms with E-state index >= 15 is 0 Å². The van der Waals surface area contributed by atoms with Gasteiger partial charge < -0.3 is 10.1 Å². The van der Waals surface area contributed by atoms with Crippen LogP contribution in [0.25, 0.3) is 0 Å². The molecule has 0 radical (unpaired) electrons. The second-order valence-electron chi connectivity index (χ2n) is 4.61. The van der Waals surface area contributed by atoms with Crippen LogP contribution in [0.5, 0.6) is 0 Å². The molecule has 1 rings (SSSR count). The molecule has 19 heavy (non-hydrogen) atoms. The zero-order chi connectivity index (χ0) is 14.6. The van der Waals surface area contributed by atoms with Gasteiger partial charge in [-0.25, -0.2) is 0 Å². The van der Waals surface area contributed by atoms with Gasteiger partial charge in [0.2, 0.25) is 0 Å². The van der Waals surface area contributed by atoms with Crippen molar-refractivity contribution in [2.45, 2.75) is 26.1 Å². The number of benzene rings is 1. The molecule has 0 aliphatic rings. The zero-order valence-corrected chi connectivity index (χ0v) is 11.8. The highest BCUT2D eigenvalue weighted by Crippen LogP contribution is 2.39. The fourth-order valence-corrected chi connectivity index (χ4v) is 1.90. The van der Waals surface area contributed by atoms with Crippen molar-refractivity contribution in [2.24, 2.45) is 5.92 Å². The summed E-state index contributed by atoms with van der Waals surface area (Å²) in [6.07, 6.45) is -4.44. The topological polar surface area (TPSA) is 21.3 Å². The Bertz CT molecular complexity index is 421. The van der Waals surface area contributed by atoms with E-state index in [1.165, 1.54) is 19.2 Å². The highest BCUT2D eigenvalue weighted by Gasteiger charge is 2.35. The Hall–Kier alpha value is -0.940. The molecule has 1 N–H and O–H groups in total. The lowest BCUT2D eigenvalue weighted by atomic mass is 10.0. The van der Waals surface area contributed by atoms with Crippen molar-refractivity contribution in [1.29, 1.82) is 0 Å². The van der Waals surface area contributed by atoms with Crippen LogP contribution in [0.15, 0.2) is 18.2 Å². The van der Waals surface area contributed by atoms with Crippen LogP contribution < -0.4 is 5.32 Å². The van der Waals surface area contributed by atoms with Crippen molar-refractivity contribution >= 4 is 17.3 Å². The molecule has 1 atom stereocenters. The predicted octanol–water partition coefficient (Wildman–Crippen LogP) is 4.44. The first kappa shape index (κ1) is 16.1. The summed E-state index contributed by atoms with van der Waals surface area (Å²) in [5.41, 5.74) is -0.853. The second-order valence-corrected chi connectivity index (χ2v) is 5.02. The highest BCUT2D eigenvalue weighted by molar-refractivity contribution is 6.33. The summed E-state index contributed by atoms with van der Waals surface area (Å²) in [5.74, 6) is 0.109. The van der Waals surface area contributed by atoms with E-state index in [0.717, 1.165) is 6.07 Å². The molecule has 108 valence electrons. The van der Waals surface area contributed by atoms with Crippen molar-refractivity contribution in [3.8, 4) is 0 Å². The average Bonchev–Trinajstić information content (AvgIpc) is 2.29. The van der Waals surface area contributed by atoms with Gasteiger partial charge in [-0.15, -0.1) is 0 Å². The molecule has 0 saturated carbocycles. The van der Waals surface area contributed by atoms with Crippen molar-refractivity contribution < 1.29 is 17.9 Å². The van der Waals surface area contributed by atoms with E-state index in [-0.39, 0.29) is 22.7 Å². The predicted molar refractivity (Wildman–Crippen MR) is 70.6 cm³/mol. The van der Waals surface area contributed by atoms with Crippen molar-refractivity contribution in [3.05, 3.63) is 28.8 Å². The van der Waals surface area contributed by atoms with Crippen molar-refractivity contribution in [2.75, 3.05) is 19.0 Å². The third kappa shape index (κ3) is 4.28. The summed E-state index contributed by atoms with van der Waals surface area (Å²) >= 11 is 5.88. The van der Waals surface area contributed by atoms with E-state index in [2.05, 4.69) is 5.32 Å². The third-order valence-electron chi connectivity index (χ3n) is 2.80. The van der Waals surface area contributed by atoms with Gasteiger partial charge in [0.25, 0.3) is 0 Å². The van der Waals surface area contributed by atoms with E-state index in [4.69, 9.17) is 16.3 Å². The molecule has 2 nitrogen and oxygen atoms in total. The molecule has 0 saturated heterocycles. The summed E-state index contributed by atoms with van der Waals surface area (Å²) in [7, 11) is 1.51.